The number of aliphatic imine (C=N–C) groups is 1. The minimum absolute atomic E-state index is 0.219. The lowest BCUT2D eigenvalue weighted by atomic mass is 10.2. The van der Waals surface area contributed by atoms with Gasteiger partial charge in [0.05, 0.1) is 4.88 Å². The number of hydroxylamine groups is 1. The molecule has 0 bridgehead atoms. The van der Waals surface area contributed by atoms with Crippen LogP contribution in [0.25, 0.3) is 0 Å². The number of amidine groups is 1. The van der Waals surface area contributed by atoms with Crippen LogP contribution in [0.5, 0.6) is 0 Å². The Bertz CT molecular complexity index is 548. The quantitative estimate of drug-likeness (QED) is 0.881. The second kappa shape index (κ2) is 4.31. The summed E-state index contributed by atoms with van der Waals surface area (Å²) < 4.78 is 0. The van der Waals surface area contributed by atoms with E-state index in [1.165, 1.54) is 4.88 Å². The van der Waals surface area contributed by atoms with Gasteiger partial charge in [0.15, 0.2) is 5.84 Å². The van der Waals surface area contributed by atoms with Crippen molar-refractivity contribution in [2.75, 3.05) is 0 Å². The number of rotatable bonds is 2. The Hall–Kier alpha value is -1.65. The van der Waals surface area contributed by atoms with E-state index in [0.717, 1.165) is 16.3 Å². The van der Waals surface area contributed by atoms with Crippen molar-refractivity contribution in [3.63, 3.8) is 0 Å². The normalized spacial score (nSPS) is 18.9. The van der Waals surface area contributed by atoms with E-state index in [1.54, 1.807) is 11.3 Å². The Kier molecular flexibility index (Phi) is 2.66. The van der Waals surface area contributed by atoms with Crippen molar-refractivity contribution in [2.45, 2.75) is 13.2 Å². The van der Waals surface area contributed by atoms with Gasteiger partial charge >= 0.3 is 0 Å². The fraction of sp³-hybridized carbons (Fsp3) is 0.154. The maximum atomic E-state index is 5.48. The highest BCUT2D eigenvalue weighted by atomic mass is 32.1. The van der Waals surface area contributed by atoms with Crippen LogP contribution in [0.3, 0.4) is 0 Å². The van der Waals surface area contributed by atoms with Crippen molar-refractivity contribution >= 4 is 17.2 Å². The molecule has 0 radical (unpaired) electrons. The first-order valence-electron chi connectivity index (χ1n) is 5.44. The van der Waals surface area contributed by atoms with Crippen LogP contribution in [-0.4, -0.2) is 5.84 Å². The van der Waals surface area contributed by atoms with Gasteiger partial charge in [-0.25, -0.2) is 15.3 Å². The van der Waals surface area contributed by atoms with Crippen LogP contribution in [-0.2, 0) is 4.84 Å². The molecule has 1 aliphatic rings. The lowest BCUT2D eigenvalue weighted by Crippen LogP contribution is -2.17. The largest absolute Gasteiger partial charge is 0.246 e. The average molecular weight is 244 g/mol. The summed E-state index contributed by atoms with van der Waals surface area (Å²) in [4.78, 5) is 12.4. The molecule has 17 heavy (non-hydrogen) atoms. The Morgan fingerprint density at radius 3 is 2.71 bits per heavy atom. The monoisotopic (exact) mass is 244 g/mol. The first-order chi connectivity index (χ1) is 8.33. The fourth-order valence-electron chi connectivity index (χ4n) is 1.72. The Morgan fingerprint density at radius 1 is 1.18 bits per heavy atom. The molecule has 2 heterocycles. The SMILES string of the molecule is Cc1ccc([C@H]2N=C(c3ccccc3)NO2)s1. The molecule has 0 aliphatic carbocycles. The minimum Gasteiger partial charge on any atom is -0.246 e. The molecule has 1 N–H and O–H groups in total. The van der Waals surface area contributed by atoms with Crippen LogP contribution in [0.15, 0.2) is 47.5 Å². The molecule has 4 heteroatoms. The molecule has 0 unspecified atom stereocenters. The van der Waals surface area contributed by atoms with E-state index in [9.17, 15) is 0 Å². The van der Waals surface area contributed by atoms with Crippen molar-refractivity contribution in [3.05, 3.63) is 57.8 Å². The molecule has 1 aromatic carbocycles. The number of nitrogens with zero attached hydrogens (tertiary/aromatic N) is 1. The maximum absolute atomic E-state index is 5.48. The van der Waals surface area contributed by atoms with E-state index in [1.807, 2.05) is 30.3 Å². The summed E-state index contributed by atoms with van der Waals surface area (Å²) in [6.07, 6.45) is -0.219. The van der Waals surface area contributed by atoms with Gasteiger partial charge in [-0.2, -0.15) is 0 Å². The van der Waals surface area contributed by atoms with E-state index < -0.39 is 0 Å². The molecule has 1 aromatic heterocycles. The third-order valence-electron chi connectivity index (χ3n) is 2.57. The third-order valence-corrected chi connectivity index (χ3v) is 3.60. The average Bonchev–Trinajstić information content (AvgIpc) is 2.98. The van der Waals surface area contributed by atoms with Gasteiger partial charge in [0, 0.05) is 10.4 Å². The summed E-state index contributed by atoms with van der Waals surface area (Å²) in [5, 5.41) is 0. The molecule has 0 saturated carbocycles. The van der Waals surface area contributed by atoms with Crippen LogP contribution in [0.2, 0.25) is 0 Å². The second-order valence-electron chi connectivity index (χ2n) is 3.86. The molecular formula is C13H12N2OS. The zero-order valence-corrected chi connectivity index (χ0v) is 10.2. The predicted molar refractivity (Wildman–Crippen MR) is 69.0 cm³/mol. The van der Waals surface area contributed by atoms with Crippen molar-refractivity contribution in [3.8, 4) is 0 Å². The van der Waals surface area contributed by atoms with Crippen LogP contribution in [0, 0.1) is 6.92 Å². The van der Waals surface area contributed by atoms with E-state index in [2.05, 4.69) is 29.5 Å². The number of hydrogen-bond acceptors (Lipinski definition) is 4. The van der Waals surface area contributed by atoms with Crippen molar-refractivity contribution < 1.29 is 4.84 Å². The molecule has 0 saturated heterocycles. The summed E-state index contributed by atoms with van der Waals surface area (Å²) >= 11 is 1.71. The molecule has 3 rings (SSSR count). The minimum atomic E-state index is -0.219. The van der Waals surface area contributed by atoms with E-state index >= 15 is 0 Å². The molecule has 3 nitrogen and oxygen atoms in total. The summed E-state index contributed by atoms with van der Waals surface area (Å²) in [5.41, 5.74) is 3.93. The second-order valence-corrected chi connectivity index (χ2v) is 5.18. The summed E-state index contributed by atoms with van der Waals surface area (Å²) in [6.45, 7) is 2.08. The lowest BCUT2D eigenvalue weighted by Gasteiger charge is -2.01. The van der Waals surface area contributed by atoms with Crippen LogP contribution in [0.1, 0.15) is 21.5 Å². The molecule has 0 amide bonds. The number of nitrogens with one attached hydrogen (secondary N) is 1. The highest BCUT2D eigenvalue weighted by molar-refractivity contribution is 7.12. The summed E-state index contributed by atoms with van der Waals surface area (Å²) in [5.74, 6) is 0.793. The first kappa shape index (κ1) is 10.5. The number of aryl methyl sites for hydroxylation is 1. The van der Waals surface area contributed by atoms with Crippen LogP contribution < -0.4 is 5.48 Å². The molecule has 0 spiro atoms. The molecule has 1 aliphatic heterocycles. The predicted octanol–water partition coefficient (Wildman–Crippen LogP) is 3.04. The highest BCUT2D eigenvalue weighted by Gasteiger charge is 2.21. The van der Waals surface area contributed by atoms with Gasteiger partial charge in [0.25, 0.3) is 0 Å². The van der Waals surface area contributed by atoms with Gasteiger partial charge in [-0.1, -0.05) is 30.3 Å². The Balaban J connectivity index is 1.86. The Labute approximate surface area is 104 Å². The fourth-order valence-corrected chi connectivity index (χ4v) is 2.56. The maximum Gasteiger partial charge on any atom is 0.211 e. The first-order valence-corrected chi connectivity index (χ1v) is 6.26. The molecular weight excluding hydrogens is 232 g/mol. The Morgan fingerprint density at radius 2 is 2.00 bits per heavy atom. The van der Waals surface area contributed by atoms with Crippen molar-refractivity contribution in [1.29, 1.82) is 0 Å². The van der Waals surface area contributed by atoms with E-state index in [4.69, 9.17) is 4.84 Å². The highest BCUT2D eigenvalue weighted by Crippen LogP contribution is 2.28. The number of thiophene rings is 1. The van der Waals surface area contributed by atoms with Gasteiger partial charge in [-0.15, -0.1) is 11.3 Å². The molecule has 86 valence electrons. The standard InChI is InChI=1S/C13H12N2OS/c1-9-7-8-11(17-9)13-14-12(15-16-13)10-5-3-2-4-6-10/h2-8,13H,1H3,(H,14,15)/t13-/m0/s1. The smallest absolute Gasteiger partial charge is 0.211 e. The van der Waals surface area contributed by atoms with Gasteiger partial charge < -0.3 is 0 Å². The van der Waals surface area contributed by atoms with E-state index in [0.29, 0.717) is 0 Å². The zero-order chi connectivity index (χ0) is 11.7. The topological polar surface area (TPSA) is 33.6 Å². The van der Waals surface area contributed by atoms with Crippen LogP contribution in [0.4, 0.5) is 0 Å². The van der Waals surface area contributed by atoms with E-state index in [-0.39, 0.29) is 6.23 Å². The van der Waals surface area contributed by atoms with Crippen LogP contribution >= 0.6 is 11.3 Å². The number of benzene rings is 1. The van der Waals surface area contributed by atoms with Crippen molar-refractivity contribution in [2.24, 2.45) is 4.99 Å². The van der Waals surface area contributed by atoms with Gasteiger partial charge in [-0.3, -0.25) is 0 Å². The lowest BCUT2D eigenvalue weighted by molar-refractivity contribution is 0.0399. The molecule has 1 atom stereocenters. The van der Waals surface area contributed by atoms with Gasteiger partial charge in [0.2, 0.25) is 6.23 Å². The van der Waals surface area contributed by atoms with Crippen molar-refractivity contribution in [1.82, 2.24) is 5.48 Å². The molecule has 0 fully saturated rings. The van der Waals surface area contributed by atoms with Gasteiger partial charge in [-0.05, 0) is 19.1 Å². The third kappa shape index (κ3) is 2.09. The van der Waals surface area contributed by atoms with Gasteiger partial charge in [0.1, 0.15) is 0 Å². The summed E-state index contributed by atoms with van der Waals surface area (Å²) in [6, 6.07) is 14.1. The summed E-state index contributed by atoms with van der Waals surface area (Å²) in [7, 11) is 0. The zero-order valence-electron chi connectivity index (χ0n) is 9.38. The number of hydrogen-bond donors (Lipinski definition) is 1. The molecule has 2 aromatic rings.